The first kappa shape index (κ1) is 13.9. The fraction of sp³-hybridized carbons (Fsp3) is 0.375. The third kappa shape index (κ3) is 2.60. The van der Waals surface area contributed by atoms with Crippen LogP contribution in [0.15, 0.2) is 24.4 Å². The Balaban J connectivity index is 2.06. The highest BCUT2D eigenvalue weighted by atomic mass is 19.1. The summed E-state index contributed by atoms with van der Waals surface area (Å²) >= 11 is 0. The van der Waals surface area contributed by atoms with Crippen molar-refractivity contribution in [2.75, 3.05) is 0 Å². The molecule has 0 radical (unpaired) electrons. The maximum absolute atomic E-state index is 13.9. The van der Waals surface area contributed by atoms with E-state index in [2.05, 4.69) is 5.10 Å². The summed E-state index contributed by atoms with van der Waals surface area (Å²) in [6, 6.07) is 3.85. The SMILES string of the molecule is O=Cc1cn(C2CCCCC2)nc1-c1c(F)cccc1F. The van der Waals surface area contributed by atoms with Crippen LogP contribution in [0.25, 0.3) is 11.3 Å². The Bertz CT molecular complexity index is 640. The molecule has 5 heteroatoms. The van der Waals surface area contributed by atoms with Gasteiger partial charge in [0.1, 0.15) is 17.3 Å². The molecular weight excluding hydrogens is 274 g/mol. The predicted octanol–water partition coefficient (Wildman–Crippen LogP) is 4.15. The number of aromatic nitrogens is 2. The molecule has 0 aliphatic heterocycles. The first-order chi connectivity index (χ1) is 10.2. The lowest BCUT2D eigenvalue weighted by Gasteiger charge is -2.21. The minimum absolute atomic E-state index is 0.0890. The Labute approximate surface area is 121 Å². The minimum Gasteiger partial charge on any atom is -0.298 e. The molecule has 2 aromatic rings. The number of halogens is 2. The van der Waals surface area contributed by atoms with Crippen molar-refractivity contribution in [1.29, 1.82) is 0 Å². The van der Waals surface area contributed by atoms with Crippen LogP contribution in [-0.2, 0) is 0 Å². The van der Waals surface area contributed by atoms with Gasteiger partial charge in [0.15, 0.2) is 6.29 Å². The summed E-state index contributed by atoms with van der Waals surface area (Å²) in [6.07, 6.45) is 7.61. The highest BCUT2D eigenvalue weighted by molar-refractivity contribution is 5.85. The Morgan fingerprint density at radius 2 is 1.81 bits per heavy atom. The van der Waals surface area contributed by atoms with Crippen molar-refractivity contribution in [3.8, 4) is 11.3 Å². The molecular formula is C16H16F2N2O. The molecule has 3 nitrogen and oxygen atoms in total. The van der Waals surface area contributed by atoms with Gasteiger partial charge in [0.05, 0.1) is 17.2 Å². The van der Waals surface area contributed by atoms with Gasteiger partial charge in [-0.15, -0.1) is 0 Å². The van der Waals surface area contributed by atoms with E-state index in [0.29, 0.717) is 6.29 Å². The molecule has 1 aromatic carbocycles. The van der Waals surface area contributed by atoms with E-state index < -0.39 is 11.6 Å². The predicted molar refractivity (Wildman–Crippen MR) is 75.1 cm³/mol. The fourth-order valence-electron chi connectivity index (χ4n) is 2.94. The lowest BCUT2D eigenvalue weighted by Crippen LogP contribution is -2.13. The quantitative estimate of drug-likeness (QED) is 0.796. The van der Waals surface area contributed by atoms with Gasteiger partial charge in [0.2, 0.25) is 0 Å². The van der Waals surface area contributed by atoms with Gasteiger partial charge in [-0.25, -0.2) is 8.78 Å². The van der Waals surface area contributed by atoms with E-state index in [4.69, 9.17) is 0 Å². The average molecular weight is 290 g/mol. The summed E-state index contributed by atoms with van der Waals surface area (Å²) in [4.78, 5) is 11.2. The molecule has 21 heavy (non-hydrogen) atoms. The van der Waals surface area contributed by atoms with Crippen LogP contribution in [-0.4, -0.2) is 16.1 Å². The Morgan fingerprint density at radius 1 is 1.14 bits per heavy atom. The van der Waals surface area contributed by atoms with Crippen LogP contribution in [0, 0.1) is 11.6 Å². The summed E-state index contributed by atoms with van der Waals surface area (Å²) in [5.41, 5.74) is 0.0879. The molecule has 1 aliphatic carbocycles. The van der Waals surface area contributed by atoms with Crippen molar-refractivity contribution in [1.82, 2.24) is 9.78 Å². The lowest BCUT2D eigenvalue weighted by molar-refractivity contribution is 0.112. The van der Waals surface area contributed by atoms with E-state index >= 15 is 0 Å². The van der Waals surface area contributed by atoms with Gasteiger partial charge in [-0.3, -0.25) is 9.48 Å². The van der Waals surface area contributed by atoms with Crippen molar-refractivity contribution in [3.05, 3.63) is 41.6 Å². The number of carbonyl (C=O) groups excluding carboxylic acids is 1. The standard InChI is InChI=1S/C16H16F2N2O/c17-13-7-4-8-14(18)15(13)16-11(10-21)9-20(19-16)12-5-2-1-3-6-12/h4,7-10,12H,1-3,5-6H2. The van der Waals surface area contributed by atoms with Crippen molar-refractivity contribution in [2.24, 2.45) is 0 Å². The summed E-state index contributed by atoms with van der Waals surface area (Å²) in [5, 5.41) is 4.30. The third-order valence-corrected chi connectivity index (χ3v) is 4.04. The number of benzene rings is 1. The smallest absolute Gasteiger partial charge is 0.153 e. The monoisotopic (exact) mass is 290 g/mol. The molecule has 3 rings (SSSR count). The van der Waals surface area contributed by atoms with Gasteiger partial charge in [0, 0.05) is 6.20 Å². The summed E-state index contributed by atoms with van der Waals surface area (Å²) in [6.45, 7) is 0. The van der Waals surface area contributed by atoms with Gasteiger partial charge >= 0.3 is 0 Å². The largest absolute Gasteiger partial charge is 0.298 e. The van der Waals surface area contributed by atoms with Crippen LogP contribution in [0.2, 0.25) is 0 Å². The highest BCUT2D eigenvalue weighted by Gasteiger charge is 2.22. The van der Waals surface area contributed by atoms with E-state index in [0.717, 1.165) is 25.7 Å². The van der Waals surface area contributed by atoms with Gasteiger partial charge in [-0.2, -0.15) is 5.10 Å². The molecule has 110 valence electrons. The fourth-order valence-corrected chi connectivity index (χ4v) is 2.94. The second kappa shape index (κ2) is 5.76. The van der Waals surface area contributed by atoms with Gasteiger partial charge < -0.3 is 0 Å². The van der Waals surface area contributed by atoms with Crippen molar-refractivity contribution in [3.63, 3.8) is 0 Å². The third-order valence-electron chi connectivity index (χ3n) is 4.04. The lowest BCUT2D eigenvalue weighted by atomic mass is 9.96. The molecule has 0 bridgehead atoms. The number of rotatable bonds is 3. The summed E-state index contributed by atoms with van der Waals surface area (Å²) in [5.74, 6) is -1.40. The second-order valence-electron chi connectivity index (χ2n) is 5.42. The Hall–Kier alpha value is -2.04. The first-order valence-electron chi connectivity index (χ1n) is 7.19. The van der Waals surface area contributed by atoms with Crippen LogP contribution in [0.3, 0.4) is 0 Å². The zero-order valence-corrected chi connectivity index (χ0v) is 11.6. The Morgan fingerprint density at radius 3 is 2.43 bits per heavy atom. The molecule has 0 N–H and O–H groups in total. The highest BCUT2D eigenvalue weighted by Crippen LogP contribution is 2.32. The number of nitrogens with zero attached hydrogens (tertiary/aromatic N) is 2. The Kier molecular flexibility index (Phi) is 3.82. The van der Waals surface area contributed by atoms with Crippen molar-refractivity contribution >= 4 is 6.29 Å². The number of hydrogen-bond donors (Lipinski definition) is 0. The molecule has 1 saturated carbocycles. The summed E-state index contributed by atoms with van der Waals surface area (Å²) in [7, 11) is 0. The summed E-state index contributed by atoms with van der Waals surface area (Å²) < 4.78 is 29.5. The van der Waals surface area contributed by atoms with Crippen LogP contribution in [0.4, 0.5) is 8.78 Å². The van der Waals surface area contributed by atoms with Crippen LogP contribution < -0.4 is 0 Å². The zero-order chi connectivity index (χ0) is 14.8. The van der Waals surface area contributed by atoms with Gasteiger partial charge in [-0.1, -0.05) is 25.3 Å². The van der Waals surface area contributed by atoms with Crippen molar-refractivity contribution in [2.45, 2.75) is 38.1 Å². The topological polar surface area (TPSA) is 34.9 Å². The second-order valence-corrected chi connectivity index (χ2v) is 5.42. The average Bonchev–Trinajstić information content (AvgIpc) is 2.92. The van der Waals surface area contributed by atoms with Crippen molar-refractivity contribution < 1.29 is 13.6 Å². The molecule has 0 unspecified atom stereocenters. The zero-order valence-electron chi connectivity index (χ0n) is 11.6. The number of carbonyl (C=O) groups is 1. The van der Waals surface area contributed by atoms with E-state index in [9.17, 15) is 13.6 Å². The molecule has 0 amide bonds. The maximum Gasteiger partial charge on any atom is 0.153 e. The number of hydrogen-bond acceptors (Lipinski definition) is 2. The minimum atomic E-state index is -0.702. The molecule has 1 heterocycles. The molecule has 1 aliphatic rings. The van der Waals surface area contributed by atoms with Crippen LogP contribution in [0.5, 0.6) is 0 Å². The molecule has 0 atom stereocenters. The molecule has 0 spiro atoms. The van der Waals surface area contributed by atoms with E-state index in [1.165, 1.54) is 24.6 Å². The number of aldehydes is 1. The molecule has 1 aromatic heterocycles. The van der Waals surface area contributed by atoms with E-state index in [1.54, 1.807) is 10.9 Å². The van der Waals surface area contributed by atoms with Crippen LogP contribution >= 0.6 is 0 Å². The molecule has 0 saturated heterocycles. The molecule has 1 fully saturated rings. The van der Waals surface area contributed by atoms with Gasteiger partial charge in [-0.05, 0) is 25.0 Å². The normalized spacial score (nSPS) is 16.1. The van der Waals surface area contributed by atoms with Crippen LogP contribution in [0.1, 0.15) is 48.5 Å². The van der Waals surface area contributed by atoms with E-state index in [1.807, 2.05) is 0 Å². The van der Waals surface area contributed by atoms with E-state index in [-0.39, 0.29) is 22.9 Å². The first-order valence-corrected chi connectivity index (χ1v) is 7.19. The maximum atomic E-state index is 13.9. The van der Waals surface area contributed by atoms with Gasteiger partial charge in [0.25, 0.3) is 0 Å².